The molecule has 4 nitrogen and oxygen atoms in total. The fourth-order valence-electron chi connectivity index (χ4n) is 2.63. The highest BCUT2D eigenvalue weighted by Crippen LogP contribution is 2.22. The first-order chi connectivity index (χ1) is 12.5. The number of benzene rings is 3. The predicted molar refractivity (Wildman–Crippen MR) is 101 cm³/mol. The van der Waals surface area contributed by atoms with Gasteiger partial charge in [-0.15, -0.1) is 0 Å². The van der Waals surface area contributed by atoms with E-state index in [1.165, 1.54) is 12.1 Å². The SMILES string of the molecule is Cc1ccc(S(=O)(=O)N[C@H](C(=O)c2ccccc2)c2ccccc2)cc1. The van der Waals surface area contributed by atoms with Gasteiger partial charge in [-0.2, -0.15) is 4.72 Å². The van der Waals surface area contributed by atoms with E-state index in [1.54, 1.807) is 60.7 Å². The van der Waals surface area contributed by atoms with E-state index in [2.05, 4.69) is 4.72 Å². The molecule has 3 aromatic carbocycles. The Hall–Kier alpha value is -2.76. The number of aryl methyl sites for hydroxylation is 1. The average Bonchev–Trinajstić information content (AvgIpc) is 2.67. The Bertz CT molecular complexity index is 982. The summed E-state index contributed by atoms with van der Waals surface area (Å²) in [6.07, 6.45) is 0. The van der Waals surface area contributed by atoms with Crippen LogP contribution in [-0.2, 0) is 10.0 Å². The zero-order valence-corrected chi connectivity index (χ0v) is 15.1. The van der Waals surface area contributed by atoms with E-state index in [4.69, 9.17) is 0 Å². The van der Waals surface area contributed by atoms with E-state index >= 15 is 0 Å². The summed E-state index contributed by atoms with van der Waals surface area (Å²) in [5, 5.41) is 0. The lowest BCUT2D eigenvalue weighted by atomic mass is 9.98. The first-order valence-electron chi connectivity index (χ1n) is 8.20. The molecule has 0 fully saturated rings. The van der Waals surface area contributed by atoms with Gasteiger partial charge in [-0.25, -0.2) is 8.42 Å². The van der Waals surface area contributed by atoms with Gasteiger partial charge in [0.1, 0.15) is 6.04 Å². The summed E-state index contributed by atoms with van der Waals surface area (Å²) >= 11 is 0. The number of Topliss-reactive ketones (excluding diaryl/α,β-unsaturated/α-hetero) is 1. The third-order valence-electron chi connectivity index (χ3n) is 4.06. The molecule has 132 valence electrons. The number of sulfonamides is 1. The van der Waals surface area contributed by atoms with Crippen molar-refractivity contribution in [3.8, 4) is 0 Å². The van der Waals surface area contributed by atoms with E-state index in [0.717, 1.165) is 5.56 Å². The third-order valence-corrected chi connectivity index (χ3v) is 5.50. The Balaban J connectivity index is 1.99. The quantitative estimate of drug-likeness (QED) is 0.674. The summed E-state index contributed by atoms with van der Waals surface area (Å²) in [6.45, 7) is 1.88. The largest absolute Gasteiger partial charge is 0.292 e. The summed E-state index contributed by atoms with van der Waals surface area (Å²) in [5.74, 6) is -0.299. The number of ketones is 1. The highest BCUT2D eigenvalue weighted by Gasteiger charge is 2.27. The molecule has 0 saturated heterocycles. The molecule has 0 aliphatic rings. The molecule has 0 heterocycles. The van der Waals surface area contributed by atoms with Crippen LogP contribution in [0.2, 0.25) is 0 Å². The van der Waals surface area contributed by atoms with Crippen LogP contribution in [-0.4, -0.2) is 14.2 Å². The molecule has 0 aliphatic heterocycles. The lowest BCUT2D eigenvalue weighted by molar-refractivity contribution is 0.0953. The first-order valence-corrected chi connectivity index (χ1v) is 9.69. The van der Waals surface area contributed by atoms with Crippen LogP contribution in [0, 0.1) is 6.92 Å². The Morgan fingerprint density at radius 3 is 1.92 bits per heavy atom. The summed E-state index contributed by atoms with van der Waals surface area (Å²) in [5.41, 5.74) is 2.01. The molecule has 26 heavy (non-hydrogen) atoms. The van der Waals surface area contributed by atoms with Gasteiger partial charge in [0.25, 0.3) is 0 Å². The average molecular weight is 365 g/mol. The van der Waals surface area contributed by atoms with Crippen LogP contribution in [0.5, 0.6) is 0 Å². The van der Waals surface area contributed by atoms with Crippen molar-refractivity contribution in [2.24, 2.45) is 0 Å². The van der Waals surface area contributed by atoms with Crippen molar-refractivity contribution in [1.82, 2.24) is 4.72 Å². The van der Waals surface area contributed by atoms with Gasteiger partial charge in [-0.1, -0.05) is 78.4 Å². The monoisotopic (exact) mass is 365 g/mol. The van der Waals surface area contributed by atoms with E-state index < -0.39 is 16.1 Å². The number of rotatable bonds is 6. The minimum absolute atomic E-state index is 0.130. The summed E-state index contributed by atoms with van der Waals surface area (Å²) in [4.78, 5) is 13.1. The van der Waals surface area contributed by atoms with Crippen LogP contribution in [0.3, 0.4) is 0 Å². The minimum atomic E-state index is -3.85. The molecular weight excluding hydrogens is 346 g/mol. The lowest BCUT2D eigenvalue weighted by Gasteiger charge is -2.18. The van der Waals surface area contributed by atoms with Crippen molar-refractivity contribution in [3.05, 3.63) is 102 Å². The maximum absolute atomic E-state index is 13.0. The van der Waals surface area contributed by atoms with Crippen LogP contribution in [0.4, 0.5) is 0 Å². The van der Waals surface area contributed by atoms with Crippen LogP contribution < -0.4 is 4.72 Å². The maximum Gasteiger partial charge on any atom is 0.241 e. The highest BCUT2D eigenvalue weighted by molar-refractivity contribution is 7.89. The maximum atomic E-state index is 13.0. The second-order valence-electron chi connectivity index (χ2n) is 6.01. The molecule has 0 saturated carbocycles. The number of hydrogen-bond acceptors (Lipinski definition) is 3. The normalized spacial score (nSPS) is 12.5. The van der Waals surface area contributed by atoms with Gasteiger partial charge >= 0.3 is 0 Å². The topological polar surface area (TPSA) is 63.2 Å². The molecule has 0 aromatic heterocycles. The fourth-order valence-corrected chi connectivity index (χ4v) is 3.81. The van der Waals surface area contributed by atoms with Gasteiger partial charge in [0, 0.05) is 5.56 Å². The van der Waals surface area contributed by atoms with Crippen molar-refractivity contribution in [2.75, 3.05) is 0 Å². The zero-order chi connectivity index (χ0) is 18.6. The van der Waals surface area contributed by atoms with Crippen LogP contribution in [0.15, 0.2) is 89.8 Å². The number of carbonyl (C=O) groups is 1. The van der Waals surface area contributed by atoms with Gasteiger partial charge in [0.2, 0.25) is 10.0 Å². The van der Waals surface area contributed by atoms with Crippen molar-refractivity contribution in [1.29, 1.82) is 0 Å². The number of carbonyl (C=O) groups excluding carboxylic acids is 1. The molecule has 0 unspecified atom stereocenters. The molecular formula is C21H19NO3S. The Morgan fingerprint density at radius 1 is 0.808 bits per heavy atom. The number of hydrogen-bond donors (Lipinski definition) is 1. The van der Waals surface area contributed by atoms with Crippen LogP contribution in [0.25, 0.3) is 0 Å². The molecule has 5 heteroatoms. The molecule has 0 spiro atoms. The molecule has 3 aromatic rings. The second-order valence-corrected chi connectivity index (χ2v) is 7.72. The van der Waals surface area contributed by atoms with E-state index in [9.17, 15) is 13.2 Å². The van der Waals surface area contributed by atoms with Crippen molar-refractivity contribution < 1.29 is 13.2 Å². The molecule has 0 amide bonds. The Labute approximate surface area is 153 Å². The fraction of sp³-hybridized carbons (Fsp3) is 0.0952. The van der Waals surface area contributed by atoms with Gasteiger partial charge in [-0.05, 0) is 24.6 Å². The lowest BCUT2D eigenvalue weighted by Crippen LogP contribution is -2.34. The van der Waals surface area contributed by atoms with Crippen LogP contribution in [0.1, 0.15) is 27.5 Å². The number of nitrogens with one attached hydrogen (secondary N) is 1. The Morgan fingerprint density at radius 2 is 1.35 bits per heavy atom. The summed E-state index contributed by atoms with van der Waals surface area (Å²) in [6, 6.07) is 23.1. The smallest absolute Gasteiger partial charge is 0.241 e. The van der Waals surface area contributed by atoms with E-state index in [0.29, 0.717) is 11.1 Å². The van der Waals surface area contributed by atoms with Crippen LogP contribution >= 0.6 is 0 Å². The molecule has 0 bridgehead atoms. The molecule has 3 rings (SSSR count). The molecule has 0 radical (unpaired) electrons. The van der Waals surface area contributed by atoms with Gasteiger partial charge in [0.15, 0.2) is 5.78 Å². The predicted octanol–water partition coefficient (Wildman–Crippen LogP) is 3.90. The van der Waals surface area contributed by atoms with Crippen molar-refractivity contribution in [3.63, 3.8) is 0 Å². The first kappa shape index (κ1) is 18.0. The Kier molecular flexibility index (Phi) is 5.30. The third kappa shape index (κ3) is 4.07. The van der Waals surface area contributed by atoms with Gasteiger partial charge in [0.05, 0.1) is 4.90 Å². The second kappa shape index (κ2) is 7.64. The van der Waals surface area contributed by atoms with Crippen molar-refractivity contribution in [2.45, 2.75) is 17.9 Å². The minimum Gasteiger partial charge on any atom is -0.292 e. The summed E-state index contributed by atoms with van der Waals surface area (Å²) in [7, 11) is -3.85. The summed E-state index contributed by atoms with van der Waals surface area (Å²) < 4.78 is 28.2. The van der Waals surface area contributed by atoms with E-state index in [1.807, 2.05) is 19.1 Å². The highest BCUT2D eigenvalue weighted by atomic mass is 32.2. The van der Waals surface area contributed by atoms with Gasteiger partial charge in [-0.3, -0.25) is 4.79 Å². The molecule has 1 N–H and O–H groups in total. The zero-order valence-electron chi connectivity index (χ0n) is 14.3. The molecule has 0 aliphatic carbocycles. The van der Waals surface area contributed by atoms with Crippen molar-refractivity contribution >= 4 is 15.8 Å². The molecule has 1 atom stereocenters. The standard InChI is InChI=1S/C21H19NO3S/c1-16-12-14-19(15-13-16)26(24,25)22-20(17-8-4-2-5-9-17)21(23)18-10-6-3-7-11-18/h2-15,20,22H,1H3/t20-/m0/s1. The van der Waals surface area contributed by atoms with E-state index in [-0.39, 0.29) is 10.7 Å². The van der Waals surface area contributed by atoms with Gasteiger partial charge < -0.3 is 0 Å².